The molecule has 0 saturated heterocycles. The van der Waals surface area contributed by atoms with Gasteiger partial charge in [-0.25, -0.2) is 0 Å². The Labute approximate surface area is 165 Å². The lowest BCUT2D eigenvalue weighted by Gasteiger charge is -2.30. The van der Waals surface area contributed by atoms with Crippen molar-refractivity contribution >= 4 is 11.6 Å². The van der Waals surface area contributed by atoms with Crippen LogP contribution in [-0.2, 0) is 16.0 Å². The molecule has 1 aromatic rings. The zero-order valence-corrected chi connectivity index (χ0v) is 18.0. The van der Waals surface area contributed by atoms with Crippen molar-refractivity contribution in [3.8, 4) is 0 Å². The van der Waals surface area contributed by atoms with Crippen LogP contribution in [0.5, 0.6) is 0 Å². The minimum absolute atomic E-state index is 0.105. The number of rotatable bonds is 10. The second-order valence-electron chi connectivity index (χ2n) is 9.55. The summed E-state index contributed by atoms with van der Waals surface area (Å²) in [5.41, 5.74) is 6.14. The van der Waals surface area contributed by atoms with Crippen molar-refractivity contribution in [1.29, 1.82) is 0 Å². The quantitative estimate of drug-likeness (QED) is 0.651. The molecule has 1 rings (SSSR count). The first-order valence-electron chi connectivity index (χ1n) is 10.0. The molecule has 0 aliphatic heterocycles. The molecule has 2 unspecified atom stereocenters. The van der Waals surface area contributed by atoms with Crippen LogP contribution < -0.4 is 11.1 Å². The van der Waals surface area contributed by atoms with Gasteiger partial charge in [0.05, 0.1) is 6.04 Å². The average Bonchev–Trinajstić information content (AvgIpc) is 2.56. The Morgan fingerprint density at radius 1 is 1.04 bits per heavy atom. The molecule has 0 aliphatic carbocycles. The fourth-order valence-corrected chi connectivity index (χ4v) is 3.31. The fraction of sp³-hybridized carbons (Fsp3) is 0.652. The number of ketones is 2. The van der Waals surface area contributed by atoms with Crippen molar-refractivity contribution in [3.05, 3.63) is 35.9 Å². The average molecular weight is 375 g/mol. The van der Waals surface area contributed by atoms with Crippen molar-refractivity contribution in [2.75, 3.05) is 6.54 Å². The van der Waals surface area contributed by atoms with Gasteiger partial charge in [-0.15, -0.1) is 0 Å². The van der Waals surface area contributed by atoms with Crippen LogP contribution in [0.1, 0.15) is 66.4 Å². The monoisotopic (exact) mass is 374 g/mol. The van der Waals surface area contributed by atoms with Gasteiger partial charge in [-0.1, -0.05) is 51.1 Å². The Morgan fingerprint density at radius 3 is 2.11 bits per heavy atom. The van der Waals surface area contributed by atoms with Gasteiger partial charge in [-0.2, -0.15) is 0 Å². The van der Waals surface area contributed by atoms with Crippen LogP contribution in [-0.4, -0.2) is 29.7 Å². The number of carbonyl (C=O) groups is 2. The topological polar surface area (TPSA) is 72.2 Å². The van der Waals surface area contributed by atoms with Crippen molar-refractivity contribution in [2.24, 2.45) is 17.1 Å². The summed E-state index contributed by atoms with van der Waals surface area (Å²) < 4.78 is 0. The van der Waals surface area contributed by atoms with E-state index in [4.69, 9.17) is 5.73 Å². The van der Waals surface area contributed by atoms with Gasteiger partial charge in [0.2, 0.25) is 0 Å². The lowest BCUT2D eigenvalue weighted by Crippen LogP contribution is -2.49. The number of hydrogen-bond acceptors (Lipinski definition) is 4. The van der Waals surface area contributed by atoms with Crippen LogP contribution in [0.2, 0.25) is 0 Å². The van der Waals surface area contributed by atoms with Gasteiger partial charge < -0.3 is 11.1 Å². The van der Waals surface area contributed by atoms with Crippen molar-refractivity contribution < 1.29 is 9.59 Å². The van der Waals surface area contributed by atoms with Gasteiger partial charge in [0.25, 0.3) is 0 Å². The molecule has 0 spiro atoms. The first-order valence-corrected chi connectivity index (χ1v) is 10.0. The molecular formula is C23H38N2O2. The van der Waals surface area contributed by atoms with Gasteiger partial charge >= 0.3 is 0 Å². The lowest BCUT2D eigenvalue weighted by molar-refractivity contribution is -0.134. The maximum Gasteiger partial charge on any atom is 0.150 e. The minimum atomic E-state index is -0.452. The van der Waals surface area contributed by atoms with Crippen LogP contribution in [0, 0.1) is 11.3 Å². The highest BCUT2D eigenvalue weighted by Gasteiger charge is 2.33. The van der Waals surface area contributed by atoms with Gasteiger partial charge in [0.15, 0.2) is 5.78 Å². The first kappa shape index (κ1) is 23.5. The summed E-state index contributed by atoms with van der Waals surface area (Å²) in [6.45, 7) is 12.5. The van der Waals surface area contributed by atoms with E-state index in [1.807, 2.05) is 51.1 Å². The van der Waals surface area contributed by atoms with E-state index < -0.39 is 5.41 Å². The molecule has 0 heterocycles. The van der Waals surface area contributed by atoms with Crippen LogP contribution in [0.15, 0.2) is 30.3 Å². The predicted molar refractivity (Wildman–Crippen MR) is 113 cm³/mol. The number of hydrogen-bond donors (Lipinski definition) is 2. The molecule has 0 bridgehead atoms. The lowest BCUT2D eigenvalue weighted by atomic mass is 9.78. The van der Waals surface area contributed by atoms with E-state index in [0.717, 1.165) is 12.0 Å². The molecule has 0 radical (unpaired) electrons. The Kier molecular flexibility index (Phi) is 8.83. The molecule has 3 N–H and O–H groups in total. The molecule has 0 amide bonds. The number of nitrogens with one attached hydrogen (secondary N) is 1. The highest BCUT2D eigenvalue weighted by molar-refractivity contribution is 5.92. The van der Waals surface area contributed by atoms with E-state index in [1.165, 1.54) is 0 Å². The van der Waals surface area contributed by atoms with Crippen LogP contribution >= 0.6 is 0 Å². The van der Waals surface area contributed by atoms with Crippen LogP contribution in [0.25, 0.3) is 0 Å². The van der Waals surface area contributed by atoms with Crippen molar-refractivity contribution in [1.82, 2.24) is 5.32 Å². The van der Waals surface area contributed by atoms with Crippen LogP contribution in [0.3, 0.4) is 0 Å². The molecule has 0 aromatic heterocycles. The normalized spacial score (nSPS) is 14.6. The number of carbonyl (C=O) groups excluding carboxylic acids is 2. The molecule has 0 fully saturated rings. The van der Waals surface area contributed by atoms with Crippen molar-refractivity contribution in [3.63, 3.8) is 0 Å². The summed E-state index contributed by atoms with van der Waals surface area (Å²) in [5.74, 6) is -0.00647. The number of nitrogens with two attached hydrogens (primary N) is 1. The SMILES string of the molecule is CC(C)(C)NC(Cc1ccccc1)C(=O)CC(CCCN)C(=O)C(C)(C)C. The summed E-state index contributed by atoms with van der Waals surface area (Å²) in [4.78, 5) is 26.0. The Hall–Kier alpha value is -1.52. The van der Waals surface area contributed by atoms with E-state index >= 15 is 0 Å². The minimum Gasteiger partial charge on any atom is -0.330 e. The van der Waals surface area contributed by atoms with Crippen LogP contribution in [0.4, 0.5) is 0 Å². The Balaban J connectivity index is 2.97. The number of benzene rings is 1. The molecule has 0 saturated carbocycles. The maximum absolute atomic E-state index is 13.2. The predicted octanol–water partition coefficient (Wildman–Crippen LogP) is 3.92. The molecule has 152 valence electrons. The van der Waals surface area contributed by atoms with Crippen molar-refractivity contribution in [2.45, 2.75) is 78.8 Å². The standard InChI is InChI=1S/C23H38N2O2/c1-22(2,3)21(27)18(13-10-14-24)16-20(26)19(25-23(4,5)6)15-17-11-8-7-9-12-17/h7-9,11-12,18-19,25H,10,13-16,24H2,1-6H3. The third kappa shape index (κ3) is 8.81. The molecule has 0 aliphatic rings. The summed E-state index contributed by atoms with van der Waals surface area (Å²) in [6.07, 6.45) is 2.34. The maximum atomic E-state index is 13.2. The van der Waals surface area contributed by atoms with E-state index in [9.17, 15) is 9.59 Å². The smallest absolute Gasteiger partial charge is 0.150 e. The summed E-state index contributed by atoms with van der Waals surface area (Å²) in [6, 6.07) is 9.72. The van der Waals surface area contributed by atoms with E-state index in [2.05, 4.69) is 26.1 Å². The molecule has 2 atom stereocenters. The Bertz CT molecular complexity index is 597. The zero-order chi connectivity index (χ0) is 20.7. The second kappa shape index (κ2) is 10.1. The summed E-state index contributed by atoms with van der Waals surface area (Å²) in [5, 5.41) is 3.46. The van der Waals surface area contributed by atoms with Gasteiger partial charge in [-0.3, -0.25) is 9.59 Å². The highest BCUT2D eigenvalue weighted by atomic mass is 16.1. The largest absolute Gasteiger partial charge is 0.330 e. The van der Waals surface area contributed by atoms with Gasteiger partial charge in [0.1, 0.15) is 5.78 Å². The van der Waals surface area contributed by atoms with E-state index in [0.29, 0.717) is 19.4 Å². The first-order chi connectivity index (χ1) is 12.4. The molecule has 4 nitrogen and oxygen atoms in total. The van der Waals surface area contributed by atoms with Gasteiger partial charge in [0, 0.05) is 23.3 Å². The highest BCUT2D eigenvalue weighted by Crippen LogP contribution is 2.26. The molecular weight excluding hydrogens is 336 g/mol. The zero-order valence-electron chi connectivity index (χ0n) is 18.0. The number of Topliss-reactive ketones (excluding diaryl/α,β-unsaturated/α-hetero) is 2. The van der Waals surface area contributed by atoms with Gasteiger partial charge in [-0.05, 0) is 52.1 Å². The molecule has 4 heteroatoms. The third-order valence-electron chi connectivity index (χ3n) is 4.59. The second-order valence-corrected chi connectivity index (χ2v) is 9.55. The molecule has 27 heavy (non-hydrogen) atoms. The molecule has 1 aromatic carbocycles. The van der Waals surface area contributed by atoms with E-state index in [1.54, 1.807) is 0 Å². The third-order valence-corrected chi connectivity index (χ3v) is 4.59. The fourth-order valence-electron chi connectivity index (χ4n) is 3.31. The summed E-state index contributed by atoms with van der Waals surface area (Å²) in [7, 11) is 0. The summed E-state index contributed by atoms with van der Waals surface area (Å²) >= 11 is 0. The van der Waals surface area contributed by atoms with E-state index in [-0.39, 0.29) is 35.5 Å². The Morgan fingerprint density at radius 2 is 1.63 bits per heavy atom.